The van der Waals surface area contributed by atoms with E-state index in [0.717, 1.165) is 12.8 Å². The summed E-state index contributed by atoms with van der Waals surface area (Å²) in [5.74, 6) is -0.340. The average Bonchev–Trinajstić information content (AvgIpc) is 3.10. The second-order valence-electron chi connectivity index (χ2n) is 8.55. The third-order valence-corrected chi connectivity index (χ3v) is 8.15. The van der Waals surface area contributed by atoms with Gasteiger partial charge in [0, 0.05) is 39.2 Å². The lowest BCUT2D eigenvalue weighted by atomic mass is 9.94. The number of nitrogens with one attached hydrogen (secondary N) is 1. The van der Waals surface area contributed by atoms with Gasteiger partial charge in [0.25, 0.3) is 0 Å². The molecule has 9 heteroatoms. The van der Waals surface area contributed by atoms with Crippen molar-refractivity contribution in [1.82, 2.24) is 14.2 Å². The van der Waals surface area contributed by atoms with Crippen molar-refractivity contribution in [2.24, 2.45) is 13.0 Å². The number of nitrogens with zero attached hydrogens (tertiary/aromatic N) is 2. The van der Waals surface area contributed by atoms with Crippen molar-refractivity contribution in [3.05, 3.63) is 64.6 Å². The highest BCUT2D eigenvalue weighted by molar-refractivity contribution is 7.89. The van der Waals surface area contributed by atoms with Gasteiger partial charge < -0.3 is 9.73 Å². The van der Waals surface area contributed by atoms with Gasteiger partial charge in [0.1, 0.15) is 0 Å². The number of oxazole rings is 1. The SMILES string of the molecule is Cn1c(=O)oc2cc(S(=O)(=O)N3CCC(CC(=O)NCCCc4ccccc4)CC3)ccc21. The van der Waals surface area contributed by atoms with E-state index in [1.165, 1.54) is 26.6 Å². The van der Waals surface area contributed by atoms with Crippen LogP contribution in [0.2, 0.25) is 0 Å². The largest absolute Gasteiger partial charge is 0.419 e. The first-order chi connectivity index (χ1) is 15.8. The maximum Gasteiger partial charge on any atom is 0.419 e. The number of carbonyl (C=O) groups is 1. The van der Waals surface area contributed by atoms with Gasteiger partial charge >= 0.3 is 5.76 Å². The molecule has 4 rings (SSSR count). The Hall–Kier alpha value is -2.91. The number of amides is 1. The first-order valence-electron chi connectivity index (χ1n) is 11.2. The molecule has 2 heterocycles. The molecule has 0 saturated carbocycles. The highest BCUT2D eigenvalue weighted by atomic mass is 32.2. The molecule has 1 N–H and O–H groups in total. The van der Waals surface area contributed by atoms with Gasteiger partial charge in [-0.15, -0.1) is 0 Å². The average molecular weight is 472 g/mol. The number of fused-ring (bicyclic) bond motifs is 1. The fourth-order valence-corrected chi connectivity index (χ4v) is 5.76. The predicted octanol–water partition coefficient (Wildman–Crippen LogP) is 2.67. The third-order valence-electron chi connectivity index (χ3n) is 6.26. The highest BCUT2D eigenvalue weighted by Gasteiger charge is 2.30. The van der Waals surface area contributed by atoms with Gasteiger partial charge in [-0.2, -0.15) is 4.31 Å². The maximum atomic E-state index is 13.1. The first kappa shape index (κ1) is 23.3. The van der Waals surface area contributed by atoms with Crippen LogP contribution in [-0.2, 0) is 28.3 Å². The van der Waals surface area contributed by atoms with Gasteiger partial charge in [0.2, 0.25) is 15.9 Å². The molecule has 33 heavy (non-hydrogen) atoms. The van der Waals surface area contributed by atoms with Crippen LogP contribution in [0.1, 0.15) is 31.2 Å². The number of sulfonamides is 1. The number of carbonyl (C=O) groups excluding carboxylic acids is 1. The van der Waals surface area contributed by atoms with E-state index in [-0.39, 0.29) is 22.3 Å². The fraction of sp³-hybridized carbons (Fsp3) is 0.417. The minimum atomic E-state index is -3.69. The molecule has 0 bridgehead atoms. The van der Waals surface area contributed by atoms with Crippen LogP contribution >= 0.6 is 0 Å². The number of hydrogen-bond donors (Lipinski definition) is 1. The van der Waals surface area contributed by atoms with Crippen LogP contribution in [0.4, 0.5) is 0 Å². The summed E-state index contributed by atoms with van der Waals surface area (Å²) in [6.45, 7) is 1.37. The molecule has 0 unspecified atom stereocenters. The Bertz CT molecular complexity index is 1270. The summed E-state index contributed by atoms with van der Waals surface area (Å²) in [7, 11) is -2.12. The van der Waals surface area contributed by atoms with E-state index in [1.807, 2.05) is 18.2 Å². The standard InChI is InChI=1S/C24H29N3O5S/c1-26-21-10-9-20(17-22(21)32-24(26)29)33(30,31)27-14-11-19(12-15-27)16-23(28)25-13-5-8-18-6-3-2-4-7-18/h2-4,6-7,9-10,17,19H,5,8,11-16H2,1H3,(H,25,28). The molecule has 0 spiro atoms. The number of aromatic nitrogens is 1. The molecule has 0 radical (unpaired) electrons. The molecule has 0 aliphatic carbocycles. The molecule has 1 aliphatic heterocycles. The summed E-state index contributed by atoms with van der Waals surface area (Å²) in [6.07, 6.45) is 3.51. The molecule has 1 fully saturated rings. The summed E-state index contributed by atoms with van der Waals surface area (Å²) < 4.78 is 34.0. The van der Waals surface area contributed by atoms with Crippen LogP contribution in [0, 0.1) is 5.92 Å². The molecular weight excluding hydrogens is 442 g/mol. The normalized spacial score (nSPS) is 15.7. The van der Waals surface area contributed by atoms with Gasteiger partial charge in [-0.25, -0.2) is 13.2 Å². The van der Waals surface area contributed by atoms with E-state index in [0.29, 0.717) is 44.4 Å². The van der Waals surface area contributed by atoms with E-state index in [2.05, 4.69) is 17.4 Å². The van der Waals surface area contributed by atoms with Crippen LogP contribution in [0.5, 0.6) is 0 Å². The summed E-state index contributed by atoms with van der Waals surface area (Å²) in [6, 6.07) is 14.7. The smallest absolute Gasteiger partial charge is 0.408 e. The lowest BCUT2D eigenvalue weighted by Crippen LogP contribution is -2.39. The minimum Gasteiger partial charge on any atom is -0.408 e. The molecule has 1 aromatic heterocycles. The number of benzene rings is 2. The molecule has 176 valence electrons. The van der Waals surface area contributed by atoms with Crippen molar-refractivity contribution in [2.45, 2.75) is 37.0 Å². The van der Waals surface area contributed by atoms with Gasteiger partial charge in [0.15, 0.2) is 5.58 Å². The lowest BCUT2D eigenvalue weighted by Gasteiger charge is -2.31. The van der Waals surface area contributed by atoms with Crippen LogP contribution in [0.15, 0.2) is 62.6 Å². The Balaban J connectivity index is 1.25. The van der Waals surface area contributed by atoms with E-state index in [1.54, 1.807) is 13.1 Å². The van der Waals surface area contributed by atoms with Crippen LogP contribution in [0.25, 0.3) is 11.1 Å². The Kier molecular flexibility index (Phi) is 6.99. The molecule has 8 nitrogen and oxygen atoms in total. The van der Waals surface area contributed by atoms with Crippen molar-refractivity contribution >= 4 is 27.0 Å². The third kappa shape index (κ3) is 5.36. The van der Waals surface area contributed by atoms with E-state index in [9.17, 15) is 18.0 Å². The minimum absolute atomic E-state index is 0.0222. The Morgan fingerprint density at radius 3 is 2.58 bits per heavy atom. The molecular formula is C24H29N3O5S. The molecule has 2 aromatic carbocycles. The molecule has 1 saturated heterocycles. The Morgan fingerprint density at radius 2 is 1.85 bits per heavy atom. The van der Waals surface area contributed by atoms with Gasteiger partial charge in [-0.3, -0.25) is 9.36 Å². The number of rotatable bonds is 8. The van der Waals surface area contributed by atoms with Gasteiger partial charge in [0.05, 0.1) is 10.4 Å². The number of hydrogen-bond acceptors (Lipinski definition) is 5. The van der Waals surface area contributed by atoms with Crippen LogP contribution in [-0.4, -0.2) is 42.8 Å². The molecule has 1 aliphatic rings. The van der Waals surface area contributed by atoms with E-state index in [4.69, 9.17) is 4.42 Å². The van der Waals surface area contributed by atoms with E-state index < -0.39 is 15.8 Å². The van der Waals surface area contributed by atoms with Crippen LogP contribution in [0.3, 0.4) is 0 Å². The zero-order chi connectivity index (χ0) is 23.4. The predicted molar refractivity (Wildman–Crippen MR) is 125 cm³/mol. The Labute approximate surface area is 193 Å². The Morgan fingerprint density at radius 1 is 1.12 bits per heavy atom. The molecule has 0 atom stereocenters. The van der Waals surface area contributed by atoms with Crippen molar-refractivity contribution in [2.75, 3.05) is 19.6 Å². The quantitative estimate of drug-likeness (QED) is 0.509. The van der Waals surface area contributed by atoms with E-state index >= 15 is 0 Å². The van der Waals surface area contributed by atoms with Gasteiger partial charge in [-0.1, -0.05) is 30.3 Å². The van der Waals surface area contributed by atoms with Gasteiger partial charge in [-0.05, 0) is 49.3 Å². The maximum absolute atomic E-state index is 13.1. The zero-order valence-electron chi connectivity index (χ0n) is 18.7. The first-order valence-corrected chi connectivity index (χ1v) is 12.7. The number of aryl methyl sites for hydroxylation is 2. The summed E-state index contributed by atoms with van der Waals surface area (Å²) in [5.41, 5.74) is 2.06. The molecule has 3 aromatic rings. The van der Waals surface area contributed by atoms with Crippen LogP contribution < -0.4 is 11.1 Å². The topological polar surface area (TPSA) is 102 Å². The van der Waals surface area contributed by atoms with Crippen molar-refractivity contribution in [3.63, 3.8) is 0 Å². The van der Waals surface area contributed by atoms with Crippen molar-refractivity contribution in [3.8, 4) is 0 Å². The molecule has 1 amide bonds. The van der Waals surface area contributed by atoms with Crippen molar-refractivity contribution in [1.29, 1.82) is 0 Å². The highest BCUT2D eigenvalue weighted by Crippen LogP contribution is 2.27. The summed E-state index contributed by atoms with van der Waals surface area (Å²) in [5, 5.41) is 2.98. The second-order valence-corrected chi connectivity index (χ2v) is 10.5. The fourth-order valence-electron chi connectivity index (χ4n) is 4.28. The summed E-state index contributed by atoms with van der Waals surface area (Å²) in [4.78, 5) is 24.1. The summed E-state index contributed by atoms with van der Waals surface area (Å²) >= 11 is 0. The number of piperidine rings is 1. The zero-order valence-corrected chi connectivity index (χ0v) is 19.5. The lowest BCUT2D eigenvalue weighted by molar-refractivity contribution is -0.122. The second kappa shape index (κ2) is 9.93. The van der Waals surface area contributed by atoms with Crippen molar-refractivity contribution < 1.29 is 17.6 Å². The monoisotopic (exact) mass is 471 g/mol.